The van der Waals surface area contributed by atoms with Crippen molar-refractivity contribution in [2.75, 3.05) is 7.11 Å². The molecule has 0 radical (unpaired) electrons. The highest BCUT2D eigenvalue weighted by Crippen LogP contribution is 2.39. The monoisotopic (exact) mass is 622 g/mol. The topological polar surface area (TPSA) is 67.9 Å². The van der Waals surface area contributed by atoms with Crippen molar-refractivity contribution in [2.45, 2.75) is 6.61 Å². The van der Waals surface area contributed by atoms with Crippen LogP contribution in [0.4, 0.5) is 0 Å². The number of carbonyl (C=O) groups excluding carboxylic acids is 2. The van der Waals surface area contributed by atoms with E-state index in [2.05, 4.69) is 21.4 Å². The number of thiocarbonyl (C=S) groups is 1. The summed E-state index contributed by atoms with van der Waals surface area (Å²) in [6.45, 7) is 0.198. The van der Waals surface area contributed by atoms with Crippen molar-refractivity contribution in [2.24, 2.45) is 0 Å². The molecule has 0 spiro atoms. The Bertz CT molecular complexity index is 1390. The molecule has 3 aromatic rings. The predicted octanol–water partition coefficient (Wildman–Crippen LogP) is 6.89. The number of rotatable bonds is 7. The van der Waals surface area contributed by atoms with Gasteiger partial charge in [0.1, 0.15) is 6.61 Å². The van der Waals surface area contributed by atoms with Crippen LogP contribution in [0.5, 0.6) is 11.5 Å². The highest BCUT2D eigenvalue weighted by molar-refractivity contribution is 9.10. The maximum absolute atomic E-state index is 13.0. The second kappa shape index (κ2) is 11.7. The van der Waals surface area contributed by atoms with E-state index in [1.807, 2.05) is 0 Å². The fraction of sp³-hybridized carbons (Fsp3) is 0.0800. The molecule has 36 heavy (non-hydrogen) atoms. The SMILES string of the molecule is COc1cc(/C=C2\SC(=S)N(NC(=O)c3ccccc3)C2=O)cc(Br)c1OCc1ccc(Cl)cc1Cl. The Labute approximate surface area is 235 Å². The van der Waals surface area contributed by atoms with Crippen LogP contribution in [0.1, 0.15) is 21.5 Å². The van der Waals surface area contributed by atoms with Gasteiger partial charge in [0.15, 0.2) is 15.8 Å². The lowest BCUT2D eigenvalue weighted by Crippen LogP contribution is -2.44. The van der Waals surface area contributed by atoms with Gasteiger partial charge in [0.2, 0.25) is 0 Å². The highest BCUT2D eigenvalue weighted by Gasteiger charge is 2.34. The van der Waals surface area contributed by atoms with Crippen LogP contribution in [-0.4, -0.2) is 28.3 Å². The fourth-order valence-electron chi connectivity index (χ4n) is 3.22. The standard InChI is InChI=1S/C25H17BrCl2N2O4S2/c1-33-20-10-14(9-18(26)22(20)34-13-16-7-8-17(27)12-19(16)28)11-21-24(32)30(25(35)36-21)29-23(31)15-5-3-2-4-6-15/h2-12H,13H2,1H3,(H,29,31)/b21-11-. The average Bonchev–Trinajstić information content (AvgIpc) is 3.11. The third kappa shape index (κ3) is 6.04. The third-order valence-corrected chi connectivity index (χ3v) is 7.46. The summed E-state index contributed by atoms with van der Waals surface area (Å²) in [6, 6.07) is 17.3. The number of carbonyl (C=O) groups is 2. The second-order valence-corrected chi connectivity index (χ2v) is 10.8. The molecule has 6 nitrogen and oxygen atoms in total. The molecule has 1 fully saturated rings. The number of nitrogens with one attached hydrogen (secondary N) is 1. The molecule has 1 aliphatic heterocycles. The molecule has 1 N–H and O–H groups in total. The maximum Gasteiger partial charge on any atom is 0.285 e. The zero-order valence-corrected chi connectivity index (χ0v) is 23.3. The molecule has 0 atom stereocenters. The Morgan fingerprint density at radius 1 is 1.17 bits per heavy atom. The van der Waals surface area contributed by atoms with Gasteiger partial charge < -0.3 is 9.47 Å². The second-order valence-electron chi connectivity index (χ2n) is 7.38. The molecule has 0 unspecified atom stereocenters. The minimum absolute atomic E-state index is 0.198. The van der Waals surface area contributed by atoms with E-state index in [1.165, 1.54) is 7.11 Å². The molecule has 2 amide bonds. The number of hydrogen-bond donors (Lipinski definition) is 1. The lowest BCUT2D eigenvalue weighted by molar-refractivity contribution is -0.123. The van der Waals surface area contributed by atoms with E-state index >= 15 is 0 Å². The van der Waals surface area contributed by atoms with Crippen LogP contribution >= 0.6 is 63.1 Å². The molecule has 0 saturated carbocycles. The van der Waals surface area contributed by atoms with Crippen molar-refractivity contribution in [3.63, 3.8) is 0 Å². The lowest BCUT2D eigenvalue weighted by atomic mass is 10.1. The first-order chi connectivity index (χ1) is 17.3. The summed E-state index contributed by atoms with van der Waals surface area (Å²) >= 11 is 22.1. The number of ether oxygens (including phenoxy) is 2. The minimum Gasteiger partial charge on any atom is -0.493 e. The van der Waals surface area contributed by atoms with Crippen LogP contribution < -0.4 is 14.9 Å². The third-order valence-electron chi connectivity index (χ3n) is 4.98. The van der Waals surface area contributed by atoms with E-state index in [0.29, 0.717) is 42.0 Å². The van der Waals surface area contributed by atoms with Gasteiger partial charge in [0, 0.05) is 21.2 Å². The van der Waals surface area contributed by atoms with E-state index in [1.54, 1.807) is 66.7 Å². The summed E-state index contributed by atoms with van der Waals surface area (Å²) in [6.07, 6.45) is 1.67. The van der Waals surface area contributed by atoms with Crippen LogP contribution in [0.3, 0.4) is 0 Å². The quantitative estimate of drug-likeness (QED) is 0.228. The molecule has 11 heteroatoms. The van der Waals surface area contributed by atoms with Crippen LogP contribution in [0.15, 0.2) is 70.0 Å². The van der Waals surface area contributed by atoms with Crippen molar-refractivity contribution < 1.29 is 19.1 Å². The van der Waals surface area contributed by atoms with Gasteiger partial charge in [0.25, 0.3) is 11.8 Å². The number of hydrazine groups is 1. The number of halogens is 3. The van der Waals surface area contributed by atoms with Crippen LogP contribution in [0, 0.1) is 0 Å². The number of thioether (sulfide) groups is 1. The molecule has 0 bridgehead atoms. The smallest absolute Gasteiger partial charge is 0.285 e. The zero-order chi connectivity index (χ0) is 25.8. The molecule has 1 saturated heterocycles. The summed E-state index contributed by atoms with van der Waals surface area (Å²) in [5.41, 5.74) is 4.42. The van der Waals surface area contributed by atoms with Crippen molar-refractivity contribution in [3.8, 4) is 11.5 Å². The Balaban J connectivity index is 1.52. The van der Waals surface area contributed by atoms with Gasteiger partial charge in [-0.25, -0.2) is 0 Å². The van der Waals surface area contributed by atoms with E-state index in [4.69, 9.17) is 44.9 Å². The largest absolute Gasteiger partial charge is 0.493 e. The molecule has 4 rings (SSSR count). The van der Waals surface area contributed by atoms with Crippen molar-refractivity contribution in [1.82, 2.24) is 10.4 Å². The Morgan fingerprint density at radius 2 is 1.92 bits per heavy atom. The predicted molar refractivity (Wildman–Crippen MR) is 150 cm³/mol. The highest BCUT2D eigenvalue weighted by atomic mass is 79.9. The molecule has 0 aliphatic carbocycles. The van der Waals surface area contributed by atoms with Crippen molar-refractivity contribution in [1.29, 1.82) is 0 Å². The van der Waals surface area contributed by atoms with Crippen molar-refractivity contribution >= 4 is 85.3 Å². The number of amides is 2. The number of benzene rings is 3. The average molecular weight is 624 g/mol. The summed E-state index contributed by atoms with van der Waals surface area (Å²) in [7, 11) is 1.52. The van der Waals surface area contributed by atoms with E-state index < -0.39 is 11.8 Å². The van der Waals surface area contributed by atoms with Gasteiger partial charge in [-0.3, -0.25) is 15.0 Å². The molecular formula is C25H17BrCl2N2O4S2. The number of nitrogens with zero attached hydrogens (tertiary/aromatic N) is 1. The summed E-state index contributed by atoms with van der Waals surface area (Å²) < 4.78 is 12.3. The Kier molecular flexibility index (Phi) is 8.58. The van der Waals surface area contributed by atoms with Gasteiger partial charge in [-0.15, -0.1) is 0 Å². The maximum atomic E-state index is 13.0. The van der Waals surface area contributed by atoms with Gasteiger partial charge >= 0.3 is 0 Å². The summed E-state index contributed by atoms with van der Waals surface area (Å²) in [5.74, 6) is 0.0684. The van der Waals surface area contributed by atoms with Gasteiger partial charge in [-0.2, -0.15) is 5.01 Å². The fourth-order valence-corrected chi connectivity index (χ4v) is 5.44. The van der Waals surface area contributed by atoms with Crippen LogP contribution in [-0.2, 0) is 11.4 Å². The van der Waals surface area contributed by atoms with E-state index in [0.717, 1.165) is 22.3 Å². The summed E-state index contributed by atoms with van der Waals surface area (Å²) in [4.78, 5) is 25.8. The normalized spacial score (nSPS) is 14.3. The van der Waals surface area contributed by atoms with Crippen molar-refractivity contribution in [3.05, 3.63) is 96.8 Å². The van der Waals surface area contributed by atoms with E-state index in [9.17, 15) is 9.59 Å². The first-order valence-electron chi connectivity index (χ1n) is 10.3. The number of methoxy groups -OCH3 is 1. The first-order valence-corrected chi connectivity index (χ1v) is 13.1. The van der Waals surface area contributed by atoms with Gasteiger partial charge in [0.05, 0.1) is 16.5 Å². The Morgan fingerprint density at radius 3 is 2.61 bits per heavy atom. The summed E-state index contributed by atoms with van der Waals surface area (Å²) in [5, 5.41) is 2.10. The van der Waals surface area contributed by atoms with Crippen LogP contribution in [0.25, 0.3) is 6.08 Å². The van der Waals surface area contributed by atoms with Gasteiger partial charge in [-0.1, -0.05) is 59.2 Å². The molecule has 184 valence electrons. The molecular weight excluding hydrogens is 607 g/mol. The molecule has 3 aromatic carbocycles. The minimum atomic E-state index is -0.431. The van der Waals surface area contributed by atoms with Crippen LogP contribution in [0.2, 0.25) is 10.0 Å². The molecule has 0 aromatic heterocycles. The van der Waals surface area contributed by atoms with E-state index in [-0.39, 0.29) is 10.9 Å². The van der Waals surface area contributed by atoms with Gasteiger partial charge in [-0.05, 0) is 76.2 Å². The lowest BCUT2D eigenvalue weighted by Gasteiger charge is -2.15. The first kappa shape index (κ1) is 26.5. The molecule has 1 heterocycles. The molecule has 1 aliphatic rings. The number of hydrogen-bond acceptors (Lipinski definition) is 6. The Hall–Kier alpha value is -2.56. The zero-order valence-electron chi connectivity index (χ0n) is 18.6.